The number of ether oxygens (including phenoxy) is 2. The molecule has 1 heterocycles. The van der Waals surface area contributed by atoms with Gasteiger partial charge in [-0.3, -0.25) is 4.79 Å². The average molecular weight is 314 g/mol. The van der Waals surface area contributed by atoms with E-state index in [1.54, 1.807) is 6.07 Å². The third kappa shape index (κ3) is 4.23. The molecule has 0 aliphatic carbocycles. The minimum Gasteiger partial charge on any atom is -0.493 e. The third-order valence-electron chi connectivity index (χ3n) is 3.14. The summed E-state index contributed by atoms with van der Waals surface area (Å²) in [5.74, 6) is 0.175. The lowest BCUT2D eigenvalue weighted by atomic mass is 10.1. The smallest absolute Gasteiger partial charge is 0.255 e. The Kier molecular flexibility index (Phi) is 5.67. The van der Waals surface area contributed by atoms with E-state index >= 15 is 0 Å². The first-order valence-corrected chi connectivity index (χ1v) is 7.32. The number of carbonyl (C=O) groups excluding carboxylic acids is 1. The average Bonchev–Trinajstić information content (AvgIpc) is 2.49. The van der Waals surface area contributed by atoms with Crippen LogP contribution in [0, 0.1) is 0 Å². The summed E-state index contributed by atoms with van der Waals surface area (Å²) in [5, 5.41) is 6.37. The summed E-state index contributed by atoms with van der Waals surface area (Å²) in [4.78, 5) is 12.3. The number of anilines is 1. The van der Waals surface area contributed by atoms with Gasteiger partial charge in [-0.1, -0.05) is 11.6 Å². The molecule has 116 valence electrons. The fraction of sp³-hybridized carbons (Fsp3) is 0.500. The second-order valence-corrected chi connectivity index (χ2v) is 5.12. The molecule has 4 N–H and O–H groups in total. The quantitative estimate of drug-likeness (QED) is 0.707. The third-order valence-corrected chi connectivity index (χ3v) is 3.47. The van der Waals surface area contributed by atoms with E-state index in [-0.39, 0.29) is 12.0 Å². The topological polar surface area (TPSA) is 85.6 Å². The second kappa shape index (κ2) is 7.49. The molecule has 1 fully saturated rings. The monoisotopic (exact) mass is 313 g/mol. The van der Waals surface area contributed by atoms with Crippen LogP contribution in [-0.2, 0) is 4.74 Å². The van der Waals surface area contributed by atoms with Gasteiger partial charge in [0.1, 0.15) is 5.75 Å². The lowest BCUT2D eigenvalue weighted by Crippen LogP contribution is -2.45. The van der Waals surface area contributed by atoms with Crippen LogP contribution in [0.1, 0.15) is 17.3 Å². The van der Waals surface area contributed by atoms with Crippen LogP contribution in [0.15, 0.2) is 12.1 Å². The van der Waals surface area contributed by atoms with Crippen molar-refractivity contribution >= 4 is 23.2 Å². The number of morpholine rings is 1. The van der Waals surface area contributed by atoms with Gasteiger partial charge in [0, 0.05) is 25.7 Å². The first kappa shape index (κ1) is 15.9. The number of hydrogen-bond donors (Lipinski definition) is 3. The molecule has 0 saturated carbocycles. The molecule has 0 aromatic heterocycles. The van der Waals surface area contributed by atoms with Crippen LogP contribution < -0.4 is 21.1 Å². The minimum atomic E-state index is -0.255. The minimum absolute atomic E-state index is 0.0255. The summed E-state index contributed by atoms with van der Waals surface area (Å²) in [6, 6.07) is 3.09. The number of hydrogen-bond acceptors (Lipinski definition) is 5. The molecule has 1 aliphatic heterocycles. The SMILES string of the molecule is CCOc1cc(N)c(Cl)cc1C(=O)NC[C@H]1CNCCO1. The zero-order valence-corrected chi connectivity index (χ0v) is 12.7. The van der Waals surface area contributed by atoms with Crippen LogP contribution >= 0.6 is 11.6 Å². The first-order valence-electron chi connectivity index (χ1n) is 6.94. The highest BCUT2D eigenvalue weighted by Gasteiger charge is 2.18. The van der Waals surface area contributed by atoms with E-state index in [2.05, 4.69) is 10.6 Å². The van der Waals surface area contributed by atoms with E-state index in [0.717, 1.165) is 13.1 Å². The van der Waals surface area contributed by atoms with E-state index in [4.69, 9.17) is 26.8 Å². The summed E-state index contributed by atoms with van der Waals surface area (Å²) in [6.45, 7) is 4.93. The number of benzene rings is 1. The Morgan fingerprint density at radius 3 is 3.10 bits per heavy atom. The number of rotatable bonds is 5. The molecular weight excluding hydrogens is 294 g/mol. The zero-order valence-electron chi connectivity index (χ0n) is 11.9. The number of nitrogen functional groups attached to an aromatic ring is 1. The highest BCUT2D eigenvalue weighted by Crippen LogP contribution is 2.29. The van der Waals surface area contributed by atoms with E-state index in [1.807, 2.05) is 6.92 Å². The number of amides is 1. The van der Waals surface area contributed by atoms with Gasteiger partial charge in [0.2, 0.25) is 0 Å². The van der Waals surface area contributed by atoms with E-state index in [1.165, 1.54) is 6.07 Å². The molecule has 2 rings (SSSR count). The highest BCUT2D eigenvalue weighted by molar-refractivity contribution is 6.33. The molecule has 6 nitrogen and oxygen atoms in total. The molecule has 0 bridgehead atoms. The molecule has 21 heavy (non-hydrogen) atoms. The maximum atomic E-state index is 12.3. The van der Waals surface area contributed by atoms with Crippen LogP contribution in [0.25, 0.3) is 0 Å². The van der Waals surface area contributed by atoms with Crippen LogP contribution in [0.3, 0.4) is 0 Å². The number of carbonyl (C=O) groups is 1. The molecule has 0 unspecified atom stereocenters. The van der Waals surface area contributed by atoms with Crippen molar-refractivity contribution in [3.8, 4) is 5.75 Å². The van der Waals surface area contributed by atoms with Gasteiger partial charge in [-0.15, -0.1) is 0 Å². The predicted octanol–water partition coefficient (Wildman–Crippen LogP) is 1.04. The molecular formula is C14H20ClN3O3. The van der Waals surface area contributed by atoms with Crippen molar-refractivity contribution in [1.82, 2.24) is 10.6 Å². The van der Waals surface area contributed by atoms with Gasteiger partial charge in [0.15, 0.2) is 0 Å². The fourth-order valence-electron chi connectivity index (χ4n) is 2.07. The predicted molar refractivity (Wildman–Crippen MR) is 82.0 cm³/mol. The van der Waals surface area contributed by atoms with Crippen LogP contribution in [-0.4, -0.2) is 44.9 Å². The molecule has 0 spiro atoms. The summed E-state index contributed by atoms with van der Waals surface area (Å²) < 4.78 is 11.0. The van der Waals surface area contributed by atoms with Gasteiger partial charge in [-0.25, -0.2) is 0 Å². The van der Waals surface area contributed by atoms with Crippen molar-refractivity contribution in [1.29, 1.82) is 0 Å². The first-order chi connectivity index (χ1) is 10.1. The Hall–Kier alpha value is -1.50. The molecule has 1 aliphatic rings. The standard InChI is InChI=1S/C14H20ClN3O3/c1-2-20-13-6-12(16)11(15)5-10(13)14(19)18-8-9-7-17-3-4-21-9/h5-6,9,17H,2-4,7-8,16H2,1H3,(H,18,19)/t9-/m1/s1. The van der Waals surface area contributed by atoms with E-state index in [0.29, 0.717) is 41.8 Å². The molecule has 0 radical (unpaired) electrons. The number of halogens is 1. The largest absolute Gasteiger partial charge is 0.493 e. The molecule has 1 aromatic carbocycles. The molecule has 7 heteroatoms. The Bertz CT molecular complexity index is 504. The van der Waals surface area contributed by atoms with Gasteiger partial charge in [-0.05, 0) is 13.0 Å². The molecule has 1 amide bonds. The lowest BCUT2D eigenvalue weighted by molar-refractivity contribution is 0.0287. The normalized spacial score (nSPS) is 18.3. The number of nitrogens with two attached hydrogens (primary N) is 1. The van der Waals surface area contributed by atoms with Gasteiger partial charge < -0.3 is 25.8 Å². The Labute approximate surface area is 128 Å². The Morgan fingerprint density at radius 1 is 1.62 bits per heavy atom. The van der Waals surface area contributed by atoms with Crippen molar-refractivity contribution in [2.24, 2.45) is 0 Å². The number of nitrogens with one attached hydrogen (secondary N) is 2. The second-order valence-electron chi connectivity index (χ2n) is 4.71. The van der Waals surface area contributed by atoms with E-state index in [9.17, 15) is 4.79 Å². The highest BCUT2D eigenvalue weighted by atomic mass is 35.5. The zero-order chi connectivity index (χ0) is 15.2. The van der Waals surface area contributed by atoms with Crippen molar-refractivity contribution in [2.75, 3.05) is 38.6 Å². The summed E-state index contributed by atoms with van der Waals surface area (Å²) >= 11 is 5.98. The van der Waals surface area contributed by atoms with Crippen molar-refractivity contribution in [2.45, 2.75) is 13.0 Å². The van der Waals surface area contributed by atoms with E-state index < -0.39 is 0 Å². The van der Waals surface area contributed by atoms with Crippen molar-refractivity contribution < 1.29 is 14.3 Å². The Morgan fingerprint density at radius 2 is 2.43 bits per heavy atom. The molecule has 1 atom stereocenters. The van der Waals surface area contributed by atoms with Crippen LogP contribution in [0.5, 0.6) is 5.75 Å². The van der Waals surface area contributed by atoms with Crippen molar-refractivity contribution in [3.63, 3.8) is 0 Å². The van der Waals surface area contributed by atoms with Crippen LogP contribution in [0.2, 0.25) is 5.02 Å². The molecule has 1 aromatic rings. The maximum absolute atomic E-state index is 12.3. The van der Waals surface area contributed by atoms with Gasteiger partial charge >= 0.3 is 0 Å². The maximum Gasteiger partial charge on any atom is 0.255 e. The molecule has 1 saturated heterocycles. The summed E-state index contributed by atoms with van der Waals surface area (Å²) in [7, 11) is 0. The van der Waals surface area contributed by atoms with Crippen molar-refractivity contribution in [3.05, 3.63) is 22.7 Å². The van der Waals surface area contributed by atoms with Gasteiger partial charge in [0.05, 0.1) is 35.6 Å². The lowest BCUT2D eigenvalue weighted by Gasteiger charge is -2.24. The van der Waals surface area contributed by atoms with Gasteiger partial charge in [-0.2, -0.15) is 0 Å². The Balaban J connectivity index is 2.04. The fourth-order valence-corrected chi connectivity index (χ4v) is 2.24. The summed E-state index contributed by atoms with van der Waals surface area (Å²) in [5.41, 5.74) is 6.50. The van der Waals surface area contributed by atoms with Crippen LogP contribution in [0.4, 0.5) is 5.69 Å². The van der Waals surface area contributed by atoms with Gasteiger partial charge in [0.25, 0.3) is 5.91 Å². The summed E-state index contributed by atoms with van der Waals surface area (Å²) in [6.07, 6.45) is -0.0255.